The first-order chi connectivity index (χ1) is 4.37. The van der Waals surface area contributed by atoms with Gasteiger partial charge >= 0.3 is 18.1 Å². The largest absolute Gasteiger partial charge is 0.352 e. The van der Waals surface area contributed by atoms with Crippen LogP contribution in [0, 0.1) is 0 Å². The van der Waals surface area contributed by atoms with Crippen LogP contribution in [-0.4, -0.2) is 5.97 Å². The molecule has 0 aromatic heterocycles. The fourth-order valence-corrected chi connectivity index (χ4v) is 0. The van der Waals surface area contributed by atoms with Crippen molar-refractivity contribution in [3.05, 3.63) is 12.2 Å². The summed E-state index contributed by atoms with van der Waals surface area (Å²) in [6, 6.07) is 0. The van der Waals surface area contributed by atoms with E-state index in [1.165, 1.54) is 0 Å². The molecule has 0 aromatic rings. The molecule has 0 spiro atoms. The molecule has 0 rings (SSSR count). The van der Waals surface area contributed by atoms with E-state index in [0.29, 0.717) is 0 Å². The quantitative estimate of drug-likeness (QED) is 0.497. The number of hydrogen-bond donors (Lipinski definition) is 0. The molecule has 0 aliphatic rings. The molecular weight excluding hydrogens is 156 g/mol. The van der Waals surface area contributed by atoms with Crippen LogP contribution < -0.4 is 0 Å². The van der Waals surface area contributed by atoms with E-state index in [1.807, 2.05) is 0 Å². The summed E-state index contributed by atoms with van der Waals surface area (Å²) in [6.07, 6.45) is -5.81. The van der Waals surface area contributed by atoms with E-state index < -0.39 is 18.1 Å². The molecule has 2 nitrogen and oxygen atoms in total. The monoisotopic (exact) mass is 159 g/mol. The van der Waals surface area contributed by atoms with Gasteiger partial charge in [-0.15, -0.1) is 0 Å². The molecule has 6 heteroatoms. The Morgan fingerprint density at radius 2 is 1.10 bits per heavy atom. The molecule has 0 N–H and O–H groups in total. The minimum Gasteiger partial charge on any atom is -0.248 e. The molecule has 0 fully saturated rings. The van der Waals surface area contributed by atoms with Gasteiger partial charge in [-0.2, -0.15) is 17.6 Å². The van der Waals surface area contributed by atoms with E-state index in [1.54, 1.807) is 0 Å². The van der Waals surface area contributed by atoms with Crippen LogP contribution in [0.15, 0.2) is 12.2 Å². The number of hydrogen-bond acceptors (Lipinski definition) is 1. The maximum atomic E-state index is 10.3. The first kappa shape index (κ1) is 11.7. The Morgan fingerprint density at radius 1 is 1.00 bits per heavy atom. The lowest BCUT2D eigenvalue weighted by molar-refractivity contribution is -0.140. The topological polar surface area (TPSA) is 37.0 Å². The maximum absolute atomic E-state index is 10.3. The molecular formula is C4H3F4O2. The number of rotatable bonds is 0. The Labute approximate surface area is 53.8 Å². The van der Waals surface area contributed by atoms with E-state index in [0.717, 1.165) is 6.92 Å². The highest BCUT2D eigenvalue weighted by Gasteiger charge is 1.98. The van der Waals surface area contributed by atoms with Gasteiger partial charge in [0, 0.05) is 6.92 Å². The SMILES string of the molecule is CC([O])=O.FC(F)=C(F)F. The Bertz CT molecular complexity index is 120. The van der Waals surface area contributed by atoms with Gasteiger partial charge in [0.2, 0.25) is 0 Å². The molecule has 0 saturated heterocycles. The van der Waals surface area contributed by atoms with E-state index in [9.17, 15) is 17.6 Å². The van der Waals surface area contributed by atoms with Gasteiger partial charge in [0.25, 0.3) is 0 Å². The van der Waals surface area contributed by atoms with Crippen LogP contribution in [0.2, 0.25) is 0 Å². The first-order valence-electron chi connectivity index (χ1n) is 1.91. The van der Waals surface area contributed by atoms with Crippen LogP contribution in [0.3, 0.4) is 0 Å². The highest BCUT2D eigenvalue weighted by Crippen LogP contribution is 2.08. The summed E-state index contributed by atoms with van der Waals surface area (Å²) in [6.45, 7) is 0.972. The lowest BCUT2D eigenvalue weighted by Gasteiger charge is -1.69. The molecule has 10 heavy (non-hydrogen) atoms. The van der Waals surface area contributed by atoms with Crippen molar-refractivity contribution < 1.29 is 27.5 Å². The summed E-state index contributed by atoms with van der Waals surface area (Å²) >= 11 is 0. The summed E-state index contributed by atoms with van der Waals surface area (Å²) in [4.78, 5) is 8.89. The van der Waals surface area contributed by atoms with Crippen molar-refractivity contribution in [3.63, 3.8) is 0 Å². The fourth-order valence-electron chi connectivity index (χ4n) is 0. The van der Waals surface area contributed by atoms with Crippen molar-refractivity contribution in [2.45, 2.75) is 6.92 Å². The van der Waals surface area contributed by atoms with Gasteiger partial charge in [-0.05, 0) is 0 Å². The lowest BCUT2D eigenvalue weighted by Crippen LogP contribution is -1.74. The molecule has 0 aliphatic carbocycles. The van der Waals surface area contributed by atoms with Crippen molar-refractivity contribution >= 4 is 5.97 Å². The zero-order valence-corrected chi connectivity index (χ0v) is 4.83. The molecule has 0 heterocycles. The second kappa shape index (κ2) is 6.06. The molecule has 0 atom stereocenters. The van der Waals surface area contributed by atoms with Gasteiger partial charge in [-0.25, -0.2) is 9.90 Å². The average molecular weight is 159 g/mol. The van der Waals surface area contributed by atoms with Crippen molar-refractivity contribution in [2.75, 3.05) is 0 Å². The van der Waals surface area contributed by atoms with E-state index >= 15 is 0 Å². The van der Waals surface area contributed by atoms with Crippen molar-refractivity contribution in [2.24, 2.45) is 0 Å². The van der Waals surface area contributed by atoms with Crippen LogP contribution in [0.4, 0.5) is 17.6 Å². The van der Waals surface area contributed by atoms with Crippen molar-refractivity contribution in [3.8, 4) is 0 Å². The Hall–Kier alpha value is -1.07. The third-order valence-corrected chi connectivity index (χ3v) is 0.143. The summed E-state index contributed by atoms with van der Waals surface area (Å²) in [7, 11) is 0. The minimum absolute atomic E-state index is 0.972. The van der Waals surface area contributed by atoms with Crippen LogP contribution in [0.1, 0.15) is 6.92 Å². The van der Waals surface area contributed by atoms with Crippen LogP contribution in [0.5, 0.6) is 0 Å². The summed E-state index contributed by atoms with van der Waals surface area (Å²) in [5.74, 6) is -1.08. The Kier molecular flexibility index (Phi) is 7.08. The zero-order valence-electron chi connectivity index (χ0n) is 4.83. The first-order valence-corrected chi connectivity index (χ1v) is 1.91. The zero-order chi connectivity index (χ0) is 8.73. The smallest absolute Gasteiger partial charge is 0.248 e. The Morgan fingerprint density at radius 3 is 1.10 bits per heavy atom. The van der Waals surface area contributed by atoms with Gasteiger partial charge in [-0.1, -0.05) is 0 Å². The normalized spacial score (nSPS) is 7.30. The van der Waals surface area contributed by atoms with Gasteiger partial charge in [-0.3, -0.25) is 0 Å². The highest BCUT2D eigenvalue weighted by molar-refractivity contribution is 5.62. The van der Waals surface area contributed by atoms with Crippen LogP contribution in [-0.2, 0) is 9.90 Å². The lowest BCUT2D eigenvalue weighted by atomic mass is 10.9. The molecule has 0 aromatic carbocycles. The second-order valence-electron chi connectivity index (χ2n) is 1.01. The molecule has 0 amide bonds. The molecule has 1 radical (unpaired) electrons. The van der Waals surface area contributed by atoms with E-state index in [-0.39, 0.29) is 0 Å². The van der Waals surface area contributed by atoms with Crippen molar-refractivity contribution in [1.29, 1.82) is 0 Å². The Balaban J connectivity index is 0. The molecule has 0 unspecified atom stereocenters. The molecule has 59 valence electrons. The highest BCUT2D eigenvalue weighted by atomic mass is 19.3. The predicted molar refractivity (Wildman–Crippen MR) is 22.8 cm³/mol. The maximum Gasteiger partial charge on any atom is 0.352 e. The van der Waals surface area contributed by atoms with Crippen LogP contribution >= 0.6 is 0 Å². The summed E-state index contributed by atoms with van der Waals surface area (Å²) < 4.78 is 41.1. The second-order valence-corrected chi connectivity index (χ2v) is 1.01. The third kappa shape index (κ3) is 28.4. The third-order valence-electron chi connectivity index (χ3n) is 0.143. The summed E-state index contributed by atoms with van der Waals surface area (Å²) in [5.41, 5.74) is 0. The molecule has 0 aliphatic heterocycles. The van der Waals surface area contributed by atoms with E-state index in [2.05, 4.69) is 0 Å². The molecule has 0 saturated carbocycles. The number of carbonyl (C=O) groups excluding carboxylic acids is 1. The minimum atomic E-state index is -2.91. The molecule has 0 bridgehead atoms. The number of carbonyl (C=O) groups is 1. The standard InChI is InChI=1S/C2F4.C2H3O2/c3-1(4)2(5)6;1-2(3)4/h;1H3. The van der Waals surface area contributed by atoms with Crippen LogP contribution in [0.25, 0.3) is 0 Å². The fraction of sp³-hybridized carbons (Fsp3) is 0.250. The van der Waals surface area contributed by atoms with Gasteiger partial charge in [0.05, 0.1) is 0 Å². The average Bonchev–Trinajstić information content (AvgIpc) is 1.63. The van der Waals surface area contributed by atoms with Gasteiger partial charge in [0.1, 0.15) is 0 Å². The number of halogens is 4. The van der Waals surface area contributed by atoms with E-state index in [4.69, 9.17) is 9.90 Å². The van der Waals surface area contributed by atoms with Crippen molar-refractivity contribution in [1.82, 2.24) is 0 Å². The van der Waals surface area contributed by atoms with Gasteiger partial charge < -0.3 is 0 Å². The summed E-state index contributed by atoms with van der Waals surface area (Å²) in [5, 5.41) is 8.89. The predicted octanol–water partition coefficient (Wildman–Crippen LogP) is 1.95. The van der Waals surface area contributed by atoms with Gasteiger partial charge in [0.15, 0.2) is 0 Å².